The fourth-order valence-corrected chi connectivity index (χ4v) is 2.06. The van der Waals surface area contributed by atoms with Gasteiger partial charge in [-0.2, -0.15) is 11.8 Å². The number of thioether (sulfide) groups is 1. The molecule has 0 bridgehead atoms. The standard InChI is InChI=1S/C8H14ClNO2S/c9-2-1-5-12-8(11)10-3-6-13-7-4-10/h1-7H2. The Kier molecular flexibility index (Phi) is 5.39. The third kappa shape index (κ3) is 4.09. The van der Waals surface area contributed by atoms with Crippen LogP contribution in [0.25, 0.3) is 0 Å². The van der Waals surface area contributed by atoms with Crippen LogP contribution in [0.2, 0.25) is 0 Å². The van der Waals surface area contributed by atoms with Crippen molar-refractivity contribution in [2.75, 3.05) is 37.1 Å². The quantitative estimate of drug-likeness (QED) is 0.540. The normalized spacial score (nSPS) is 17.2. The first-order valence-electron chi connectivity index (χ1n) is 4.40. The molecule has 0 N–H and O–H groups in total. The molecule has 1 heterocycles. The Labute approximate surface area is 87.7 Å². The minimum atomic E-state index is -0.189. The van der Waals surface area contributed by atoms with Gasteiger partial charge in [0.05, 0.1) is 6.61 Å². The molecule has 76 valence electrons. The van der Waals surface area contributed by atoms with E-state index in [9.17, 15) is 4.79 Å². The first-order valence-corrected chi connectivity index (χ1v) is 6.09. The lowest BCUT2D eigenvalue weighted by atomic mass is 10.5. The second-order valence-corrected chi connectivity index (χ2v) is 4.36. The summed E-state index contributed by atoms with van der Waals surface area (Å²) in [6, 6.07) is 0. The van der Waals surface area contributed by atoms with Crippen molar-refractivity contribution in [3.8, 4) is 0 Å². The van der Waals surface area contributed by atoms with E-state index in [0.717, 1.165) is 31.0 Å². The molecule has 0 spiro atoms. The molecule has 1 saturated heterocycles. The number of carbonyl (C=O) groups is 1. The highest BCUT2D eigenvalue weighted by molar-refractivity contribution is 7.99. The van der Waals surface area contributed by atoms with E-state index in [4.69, 9.17) is 16.3 Å². The maximum atomic E-state index is 11.3. The smallest absolute Gasteiger partial charge is 0.409 e. The van der Waals surface area contributed by atoms with Crippen molar-refractivity contribution in [2.45, 2.75) is 6.42 Å². The Morgan fingerprint density at radius 1 is 1.46 bits per heavy atom. The van der Waals surface area contributed by atoms with E-state index in [1.54, 1.807) is 4.90 Å². The second-order valence-electron chi connectivity index (χ2n) is 2.76. The largest absolute Gasteiger partial charge is 0.449 e. The number of carbonyl (C=O) groups excluding carboxylic acids is 1. The first-order chi connectivity index (χ1) is 6.34. The van der Waals surface area contributed by atoms with Crippen LogP contribution in [0.3, 0.4) is 0 Å². The zero-order valence-electron chi connectivity index (χ0n) is 7.50. The molecule has 1 amide bonds. The molecule has 1 fully saturated rings. The number of hydrogen-bond donors (Lipinski definition) is 0. The molecule has 0 aromatic rings. The topological polar surface area (TPSA) is 29.5 Å². The predicted molar refractivity (Wildman–Crippen MR) is 55.6 cm³/mol. The molecule has 0 atom stereocenters. The summed E-state index contributed by atoms with van der Waals surface area (Å²) < 4.78 is 5.02. The minimum absolute atomic E-state index is 0.189. The van der Waals surface area contributed by atoms with Crippen LogP contribution in [0.15, 0.2) is 0 Å². The van der Waals surface area contributed by atoms with Crippen molar-refractivity contribution in [1.82, 2.24) is 4.90 Å². The molecule has 1 rings (SSSR count). The highest BCUT2D eigenvalue weighted by Gasteiger charge is 2.17. The molecule has 0 saturated carbocycles. The van der Waals surface area contributed by atoms with Crippen LogP contribution in [-0.4, -0.2) is 48.1 Å². The zero-order chi connectivity index (χ0) is 9.52. The van der Waals surface area contributed by atoms with Crippen molar-refractivity contribution < 1.29 is 9.53 Å². The van der Waals surface area contributed by atoms with Gasteiger partial charge in [-0.3, -0.25) is 0 Å². The Balaban J connectivity index is 2.13. The molecular formula is C8H14ClNO2S. The van der Waals surface area contributed by atoms with Gasteiger partial charge < -0.3 is 9.64 Å². The van der Waals surface area contributed by atoms with Gasteiger partial charge in [-0.1, -0.05) is 0 Å². The maximum Gasteiger partial charge on any atom is 0.409 e. The van der Waals surface area contributed by atoms with Crippen LogP contribution < -0.4 is 0 Å². The predicted octanol–water partition coefficient (Wildman–Crippen LogP) is 1.80. The average molecular weight is 224 g/mol. The number of ether oxygens (including phenoxy) is 1. The summed E-state index contributed by atoms with van der Waals surface area (Å²) in [5.74, 6) is 2.58. The van der Waals surface area contributed by atoms with E-state index >= 15 is 0 Å². The first kappa shape index (κ1) is 11.0. The highest BCUT2D eigenvalue weighted by atomic mass is 35.5. The summed E-state index contributed by atoms with van der Waals surface area (Å²) in [5.41, 5.74) is 0. The van der Waals surface area contributed by atoms with E-state index in [0.29, 0.717) is 12.5 Å². The summed E-state index contributed by atoms with van der Waals surface area (Å²) >= 11 is 7.34. The van der Waals surface area contributed by atoms with E-state index in [-0.39, 0.29) is 6.09 Å². The Bertz CT molecular complexity index is 162. The molecule has 0 aromatic carbocycles. The monoisotopic (exact) mass is 223 g/mol. The fraction of sp³-hybridized carbons (Fsp3) is 0.875. The lowest BCUT2D eigenvalue weighted by molar-refractivity contribution is 0.106. The van der Waals surface area contributed by atoms with Crippen LogP contribution >= 0.6 is 23.4 Å². The van der Waals surface area contributed by atoms with Gasteiger partial charge in [0.25, 0.3) is 0 Å². The van der Waals surface area contributed by atoms with Crippen molar-refractivity contribution in [1.29, 1.82) is 0 Å². The summed E-state index contributed by atoms with van der Waals surface area (Å²) in [4.78, 5) is 13.1. The summed E-state index contributed by atoms with van der Waals surface area (Å²) in [7, 11) is 0. The number of alkyl halides is 1. The van der Waals surface area contributed by atoms with E-state index in [1.807, 2.05) is 11.8 Å². The minimum Gasteiger partial charge on any atom is -0.449 e. The highest BCUT2D eigenvalue weighted by Crippen LogP contribution is 2.10. The van der Waals surface area contributed by atoms with Crippen molar-refractivity contribution in [2.24, 2.45) is 0 Å². The lowest BCUT2D eigenvalue weighted by Crippen LogP contribution is -2.38. The Hall–Kier alpha value is -0.0900. The van der Waals surface area contributed by atoms with Crippen LogP contribution in [0.5, 0.6) is 0 Å². The van der Waals surface area contributed by atoms with E-state index in [2.05, 4.69) is 0 Å². The number of hydrogen-bond acceptors (Lipinski definition) is 3. The van der Waals surface area contributed by atoms with Gasteiger partial charge in [0.15, 0.2) is 0 Å². The molecule has 3 nitrogen and oxygen atoms in total. The molecule has 0 aromatic heterocycles. The SMILES string of the molecule is O=C(OCCCCl)N1CCSCC1. The Morgan fingerprint density at radius 2 is 2.15 bits per heavy atom. The molecule has 0 unspecified atom stereocenters. The van der Waals surface area contributed by atoms with Crippen molar-refractivity contribution in [3.05, 3.63) is 0 Å². The van der Waals surface area contributed by atoms with Crippen LogP contribution in [0.4, 0.5) is 4.79 Å². The van der Waals surface area contributed by atoms with Gasteiger partial charge in [-0.05, 0) is 6.42 Å². The molecule has 0 aliphatic carbocycles. The fourth-order valence-electron chi connectivity index (χ4n) is 1.05. The maximum absolute atomic E-state index is 11.3. The van der Waals surface area contributed by atoms with Gasteiger partial charge in [-0.25, -0.2) is 4.79 Å². The van der Waals surface area contributed by atoms with Crippen LogP contribution in [0, 0.1) is 0 Å². The van der Waals surface area contributed by atoms with Crippen LogP contribution in [0.1, 0.15) is 6.42 Å². The van der Waals surface area contributed by atoms with Gasteiger partial charge in [-0.15, -0.1) is 11.6 Å². The molecule has 5 heteroatoms. The number of rotatable bonds is 3. The summed E-state index contributed by atoms with van der Waals surface area (Å²) in [5, 5.41) is 0. The number of halogens is 1. The second kappa shape index (κ2) is 6.38. The Morgan fingerprint density at radius 3 is 2.77 bits per heavy atom. The van der Waals surface area contributed by atoms with E-state index < -0.39 is 0 Å². The molecular weight excluding hydrogens is 210 g/mol. The third-order valence-electron chi connectivity index (χ3n) is 1.77. The number of nitrogens with zero attached hydrogens (tertiary/aromatic N) is 1. The van der Waals surface area contributed by atoms with Gasteiger partial charge in [0.2, 0.25) is 0 Å². The zero-order valence-corrected chi connectivity index (χ0v) is 9.07. The molecule has 0 radical (unpaired) electrons. The molecule has 1 aliphatic heterocycles. The van der Waals surface area contributed by atoms with Crippen molar-refractivity contribution >= 4 is 29.5 Å². The molecule has 13 heavy (non-hydrogen) atoms. The summed E-state index contributed by atoms with van der Waals surface area (Å²) in [6.45, 7) is 2.06. The lowest BCUT2D eigenvalue weighted by Gasteiger charge is -2.25. The third-order valence-corrected chi connectivity index (χ3v) is 2.98. The van der Waals surface area contributed by atoms with E-state index in [1.165, 1.54) is 0 Å². The van der Waals surface area contributed by atoms with Crippen molar-refractivity contribution in [3.63, 3.8) is 0 Å². The van der Waals surface area contributed by atoms with Gasteiger partial charge >= 0.3 is 6.09 Å². The average Bonchev–Trinajstić information content (AvgIpc) is 2.19. The number of amides is 1. The molecule has 1 aliphatic rings. The van der Waals surface area contributed by atoms with Gasteiger partial charge in [0.1, 0.15) is 0 Å². The summed E-state index contributed by atoms with van der Waals surface area (Å²) in [6.07, 6.45) is 0.543. The van der Waals surface area contributed by atoms with Gasteiger partial charge in [0, 0.05) is 30.5 Å². The van der Waals surface area contributed by atoms with Crippen LogP contribution in [-0.2, 0) is 4.74 Å².